The molecule has 3 heterocycles. The van der Waals surface area contributed by atoms with Crippen molar-refractivity contribution >= 4 is 29.1 Å². The van der Waals surface area contributed by atoms with E-state index < -0.39 is 17.6 Å². The quantitative estimate of drug-likeness (QED) is 0.468. The van der Waals surface area contributed by atoms with Gasteiger partial charge in [0.05, 0.1) is 37.1 Å². The Kier molecular flexibility index (Phi) is 6.32. The SMILES string of the molecule is C=CNC(=O)c1nnc(NC(=O)N2CC(C)(F)C2)cc1Nc1cccc(-c2ncn(C)n2)c1OC. The first kappa shape index (κ1) is 23.6. The second-order valence-corrected chi connectivity index (χ2v) is 8.12. The van der Waals surface area contributed by atoms with Crippen LogP contribution in [0.4, 0.5) is 26.4 Å². The molecule has 35 heavy (non-hydrogen) atoms. The van der Waals surface area contributed by atoms with E-state index in [1.54, 1.807) is 36.3 Å². The van der Waals surface area contributed by atoms with Gasteiger partial charge < -0.3 is 20.3 Å². The van der Waals surface area contributed by atoms with Crippen LogP contribution in [-0.4, -0.2) is 67.7 Å². The number of amides is 3. The number of aryl methyl sites for hydroxylation is 1. The zero-order valence-corrected chi connectivity index (χ0v) is 19.4. The van der Waals surface area contributed by atoms with Gasteiger partial charge in [0.15, 0.2) is 23.1 Å². The third kappa shape index (κ3) is 5.03. The molecule has 182 valence electrons. The van der Waals surface area contributed by atoms with Crippen molar-refractivity contribution in [3.05, 3.63) is 49.1 Å². The highest BCUT2D eigenvalue weighted by molar-refractivity contribution is 6.00. The molecule has 0 unspecified atom stereocenters. The summed E-state index contributed by atoms with van der Waals surface area (Å²) in [6.07, 6.45) is 2.78. The predicted molar refractivity (Wildman–Crippen MR) is 126 cm³/mol. The third-order valence-electron chi connectivity index (χ3n) is 5.13. The number of urea groups is 1. The van der Waals surface area contributed by atoms with E-state index in [2.05, 4.69) is 42.8 Å². The van der Waals surface area contributed by atoms with Gasteiger partial charge >= 0.3 is 6.03 Å². The number of benzene rings is 1. The van der Waals surface area contributed by atoms with E-state index in [0.717, 1.165) is 0 Å². The van der Waals surface area contributed by atoms with E-state index in [0.29, 0.717) is 22.8 Å². The van der Waals surface area contributed by atoms with Crippen molar-refractivity contribution in [2.75, 3.05) is 30.8 Å². The zero-order chi connectivity index (χ0) is 25.2. The van der Waals surface area contributed by atoms with Crippen molar-refractivity contribution in [3.8, 4) is 17.1 Å². The van der Waals surface area contributed by atoms with Crippen LogP contribution in [0.2, 0.25) is 0 Å². The van der Waals surface area contributed by atoms with Gasteiger partial charge in [0.1, 0.15) is 12.0 Å². The van der Waals surface area contributed by atoms with E-state index in [4.69, 9.17) is 4.74 Å². The van der Waals surface area contributed by atoms with Crippen LogP contribution >= 0.6 is 0 Å². The van der Waals surface area contributed by atoms with E-state index >= 15 is 0 Å². The van der Waals surface area contributed by atoms with Gasteiger partial charge in [0.2, 0.25) is 0 Å². The van der Waals surface area contributed by atoms with Gasteiger partial charge in [0.25, 0.3) is 5.91 Å². The fraction of sp³-hybridized carbons (Fsp3) is 0.273. The Labute approximate surface area is 200 Å². The summed E-state index contributed by atoms with van der Waals surface area (Å²) in [5.41, 5.74) is -0.111. The minimum absolute atomic E-state index is 0.0251. The molecule has 3 amide bonds. The summed E-state index contributed by atoms with van der Waals surface area (Å²) in [4.78, 5) is 30.5. The molecule has 1 aromatic carbocycles. The maximum Gasteiger partial charge on any atom is 0.323 e. The molecule has 1 aliphatic heterocycles. The van der Waals surface area contributed by atoms with Crippen LogP contribution in [0.25, 0.3) is 11.4 Å². The summed E-state index contributed by atoms with van der Waals surface area (Å²) in [6.45, 7) is 4.86. The van der Waals surface area contributed by atoms with E-state index in [9.17, 15) is 14.0 Å². The van der Waals surface area contributed by atoms with Crippen LogP contribution in [0.15, 0.2) is 43.4 Å². The van der Waals surface area contributed by atoms with Crippen molar-refractivity contribution in [3.63, 3.8) is 0 Å². The lowest BCUT2D eigenvalue weighted by molar-refractivity contribution is 0.0144. The summed E-state index contributed by atoms with van der Waals surface area (Å²) >= 11 is 0. The van der Waals surface area contributed by atoms with Crippen molar-refractivity contribution in [2.45, 2.75) is 12.6 Å². The molecule has 13 heteroatoms. The van der Waals surface area contributed by atoms with Crippen LogP contribution in [0.1, 0.15) is 17.4 Å². The van der Waals surface area contributed by atoms with Crippen molar-refractivity contribution in [1.29, 1.82) is 0 Å². The lowest BCUT2D eigenvalue weighted by atomic mass is 10.00. The minimum Gasteiger partial charge on any atom is -0.494 e. The molecule has 0 saturated carbocycles. The number of halogens is 1. The van der Waals surface area contributed by atoms with Gasteiger partial charge in [-0.1, -0.05) is 12.6 Å². The van der Waals surface area contributed by atoms with Crippen LogP contribution in [0.5, 0.6) is 5.75 Å². The zero-order valence-electron chi connectivity index (χ0n) is 19.4. The first-order chi connectivity index (χ1) is 16.7. The number of hydrogen-bond acceptors (Lipinski definition) is 8. The molecule has 12 nitrogen and oxygen atoms in total. The van der Waals surface area contributed by atoms with Crippen LogP contribution < -0.4 is 20.7 Å². The molecule has 3 N–H and O–H groups in total. The standard InChI is InChI=1S/C22H24FN9O3/c1-5-24-20(33)17-15(9-16(28-29-17)27-21(34)32-10-22(2,23)11-32)26-14-8-6-7-13(18(14)35-4)19-25-12-31(3)30-19/h5-9,12H,1,10-11H2,2-4H3,(H,24,33)(H2,26,27,28,34). The molecule has 0 aliphatic carbocycles. The third-order valence-corrected chi connectivity index (χ3v) is 5.13. The highest BCUT2D eigenvalue weighted by Crippen LogP contribution is 2.37. The number of ether oxygens (including phenoxy) is 1. The molecule has 2 aromatic heterocycles. The fourth-order valence-corrected chi connectivity index (χ4v) is 3.60. The molecule has 0 spiro atoms. The number of carbonyl (C=O) groups excluding carboxylic acids is 2. The Morgan fingerprint density at radius 3 is 2.66 bits per heavy atom. The Balaban J connectivity index is 1.67. The monoisotopic (exact) mass is 481 g/mol. The Bertz CT molecular complexity index is 1280. The van der Waals surface area contributed by atoms with Crippen LogP contribution in [-0.2, 0) is 7.05 Å². The van der Waals surface area contributed by atoms with Crippen molar-refractivity contribution in [1.82, 2.24) is 35.2 Å². The molecular formula is C22H24FN9O3. The lowest BCUT2D eigenvalue weighted by Crippen LogP contribution is -2.60. The highest BCUT2D eigenvalue weighted by Gasteiger charge is 2.41. The van der Waals surface area contributed by atoms with Crippen molar-refractivity contribution < 1.29 is 18.7 Å². The molecule has 0 atom stereocenters. The van der Waals surface area contributed by atoms with E-state index in [1.165, 1.54) is 31.2 Å². The van der Waals surface area contributed by atoms with Crippen LogP contribution in [0.3, 0.4) is 0 Å². The maximum atomic E-state index is 13.8. The number of rotatable bonds is 7. The number of nitrogens with zero attached hydrogens (tertiary/aromatic N) is 6. The maximum absolute atomic E-state index is 13.8. The Morgan fingerprint density at radius 2 is 2.03 bits per heavy atom. The van der Waals surface area contributed by atoms with Gasteiger partial charge in [-0.2, -0.15) is 5.10 Å². The Hall–Kier alpha value is -4.55. The van der Waals surface area contributed by atoms with Gasteiger partial charge in [-0.3, -0.25) is 14.8 Å². The number of nitrogens with one attached hydrogen (secondary N) is 3. The van der Waals surface area contributed by atoms with Gasteiger partial charge in [-0.25, -0.2) is 14.2 Å². The minimum atomic E-state index is -1.41. The number of carbonyl (C=O) groups is 2. The van der Waals surface area contributed by atoms with E-state index in [1.807, 2.05) is 0 Å². The number of likely N-dealkylation sites (tertiary alicyclic amines) is 1. The highest BCUT2D eigenvalue weighted by atomic mass is 19.1. The predicted octanol–water partition coefficient (Wildman–Crippen LogP) is 2.47. The summed E-state index contributed by atoms with van der Waals surface area (Å²) in [6, 6.07) is 6.23. The molecule has 0 bridgehead atoms. The van der Waals surface area contributed by atoms with Gasteiger partial charge in [-0.05, 0) is 25.3 Å². The summed E-state index contributed by atoms with van der Waals surface area (Å²) in [5.74, 6) is 0.388. The second kappa shape index (κ2) is 9.37. The first-order valence-electron chi connectivity index (χ1n) is 10.5. The second-order valence-electron chi connectivity index (χ2n) is 8.12. The molecular weight excluding hydrogens is 457 g/mol. The molecule has 1 saturated heterocycles. The summed E-state index contributed by atoms with van der Waals surface area (Å²) < 4.78 is 20.9. The number of alkyl halides is 1. The topological polar surface area (TPSA) is 139 Å². The molecule has 0 radical (unpaired) electrons. The molecule has 1 fully saturated rings. The Morgan fingerprint density at radius 1 is 1.26 bits per heavy atom. The average Bonchev–Trinajstić information content (AvgIpc) is 3.23. The number of anilines is 3. The van der Waals surface area contributed by atoms with E-state index in [-0.39, 0.29) is 30.3 Å². The van der Waals surface area contributed by atoms with Crippen LogP contribution in [0, 0.1) is 0 Å². The average molecular weight is 481 g/mol. The molecule has 4 rings (SSSR count). The molecule has 3 aromatic rings. The fourth-order valence-electron chi connectivity index (χ4n) is 3.60. The number of aromatic nitrogens is 5. The van der Waals surface area contributed by atoms with Gasteiger partial charge in [-0.15, -0.1) is 10.2 Å². The normalized spacial score (nSPS) is 14.0. The van der Waals surface area contributed by atoms with Crippen molar-refractivity contribution in [2.24, 2.45) is 7.05 Å². The summed E-state index contributed by atoms with van der Waals surface area (Å²) in [5, 5.41) is 20.4. The van der Waals surface area contributed by atoms with Gasteiger partial charge in [0, 0.05) is 13.1 Å². The smallest absolute Gasteiger partial charge is 0.323 e. The lowest BCUT2D eigenvalue weighted by Gasteiger charge is -2.41. The number of para-hydroxylation sites is 1. The first-order valence-corrected chi connectivity index (χ1v) is 10.5. The molecule has 1 aliphatic rings. The number of hydrogen-bond donors (Lipinski definition) is 3. The summed E-state index contributed by atoms with van der Waals surface area (Å²) in [7, 11) is 3.25. The largest absolute Gasteiger partial charge is 0.494 e. The number of methoxy groups -OCH3 is 1.